The van der Waals surface area contributed by atoms with E-state index in [0.29, 0.717) is 17.8 Å². The molecule has 7 nitrogen and oxygen atoms in total. The van der Waals surface area contributed by atoms with Crippen molar-refractivity contribution in [1.82, 2.24) is 20.4 Å². The van der Waals surface area contributed by atoms with Gasteiger partial charge < -0.3 is 16.0 Å². The largest absolute Gasteiger partial charge is 0.352 e. The molecule has 0 spiro atoms. The molecule has 3 N–H and O–H groups in total. The summed E-state index contributed by atoms with van der Waals surface area (Å²) < 4.78 is 1.65. The number of aromatic nitrogens is 2. The minimum absolute atomic E-state index is 0. The summed E-state index contributed by atoms with van der Waals surface area (Å²) in [5, 5.41) is 12.7. The van der Waals surface area contributed by atoms with Gasteiger partial charge in [0.1, 0.15) is 6.04 Å². The molecule has 0 aliphatic rings. The summed E-state index contributed by atoms with van der Waals surface area (Å²) >= 11 is 0. The number of benzene rings is 1. The number of nitrogens with zero attached hydrogens (tertiary/aromatic N) is 2. The average molecular weight is 366 g/mol. The zero-order valence-corrected chi connectivity index (χ0v) is 15.4. The Morgan fingerprint density at radius 3 is 2.44 bits per heavy atom. The standard InChI is InChI=1S/C17H23N5O2.ClH/c1-4-9-19-16(23)12-5-7-14(8-6-12)21-17(24)15(18-2)13-10-20-22(3)11-13;/h5-8,10-11,15,18H,4,9H2,1-3H3,(H,19,23)(H,21,24);1H. The Balaban J connectivity index is 0.00000312. The van der Waals surface area contributed by atoms with Crippen LogP contribution in [-0.4, -0.2) is 35.2 Å². The van der Waals surface area contributed by atoms with Crippen molar-refractivity contribution in [3.63, 3.8) is 0 Å². The number of aryl methyl sites for hydroxylation is 1. The van der Waals surface area contributed by atoms with Gasteiger partial charge in [-0.05, 0) is 37.7 Å². The van der Waals surface area contributed by atoms with Gasteiger partial charge in [-0.25, -0.2) is 0 Å². The summed E-state index contributed by atoms with van der Waals surface area (Å²) in [5.41, 5.74) is 1.99. The molecule has 0 aliphatic carbocycles. The van der Waals surface area contributed by atoms with Gasteiger partial charge >= 0.3 is 0 Å². The quantitative estimate of drug-likeness (QED) is 0.699. The third kappa shape index (κ3) is 5.58. The van der Waals surface area contributed by atoms with Crippen molar-refractivity contribution in [2.75, 3.05) is 18.9 Å². The average Bonchev–Trinajstić information content (AvgIpc) is 3.00. The van der Waals surface area contributed by atoms with E-state index < -0.39 is 6.04 Å². The van der Waals surface area contributed by atoms with E-state index in [0.717, 1.165) is 12.0 Å². The monoisotopic (exact) mass is 365 g/mol. The Labute approximate surface area is 153 Å². The SMILES string of the molecule is CCCNC(=O)c1ccc(NC(=O)C(NC)c2cnn(C)c2)cc1.Cl. The summed E-state index contributed by atoms with van der Waals surface area (Å²) in [6.07, 6.45) is 4.34. The summed E-state index contributed by atoms with van der Waals surface area (Å²) in [6, 6.07) is 6.33. The third-order valence-electron chi connectivity index (χ3n) is 3.56. The van der Waals surface area contributed by atoms with Crippen LogP contribution in [0.3, 0.4) is 0 Å². The van der Waals surface area contributed by atoms with Crippen LogP contribution in [0.1, 0.15) is 35.3 Å². The first-order chi connectivity index (χ1) is 11.5. The van der Waals surface area contributed by atoms with Crippen LogP contribution in [-0.2, 0) is 11.8 Å². The van der Waals surface area contributed by atoms with E-state index in [9.17, 15) is 9.59 Å². The number of carbonyl (C=O) groups excluding carboxylic acids is 2. The molecule has 1 aromatic heterocycles. The number of nitrogens with one attached hydrogen (secondary N) is 3. The van der Waals surface area contributed by atoms with Crippen LogP contribution < -0.4 is 16.0 Å². The maximum atomic E-state index is 12.4. The van der Waals surface area contributed by atoms with Gasteiger partial charge in [0.25, 0.3) is 5.91 Å². The second kappa shape index (κ2) is 9.80. The van der Waals surface area contributed by atoms with Crippen LogP contribution in [0.25, 0.3) is 0 Å². The fraction of sp³-hybridized carbons (Fsp3) is 0.353. The van der Waals surface area contributed by atoms with Crippen LogP contribution in [0, 0.1) is 0 Å². The van der Waals surface area contributed by atoms with E-state index in [1.165, 1.54) is 0 Å². The molecule has 0 aliphatic heterocycles. The Bertz CT molecular complexity index is 699. The molecule has 0 saturated heterocycles. The van der Waals surface area contributed by atoms with Gasteiger partial charge in [0.05, 0.1) is 6.20 Å². The lowest BCUT2D eigenvalue weighted by atomic mass is 10.1. The highest BCUT2D eigenvalue weighted by atomic mass is 35.5. The van der Waals surface area contributed by atoms with Gasteiger partial charge in [-0.15, -0.1) is 12.4 Å². The van der Waals surface area contributed by atoms with Gasteiger partial charge in [-0.1, -0.05) is 6.92 Å². The molecular weight excluding hydrogens is 342 g/mol. The Morgan fingerprint density at radius 1 is 1.24 bits per heavy atom. The highest BCUT2D eigenvalue weighted by molar-refractivity contribution is 5.97. The first-order valence-electron chi connectivity index (χ1n) is 7.90. The van der Waals surface area contributed by atoms with E-state index in [4.69, 9.17) is 0 Å². The number of anilines is 1. The molecule has 2 amide bonds. The van der Waals surface area contributed by atoms with Gasteiger partial charge in [0, 0.05) is 36.6 Å². The second-order valence-electron chi connectivity index (χ2n) is 5.49. The van der Waals surface area contributed by atoms with Gasteiger partial charge in [-0.3, -0.25) is 14.3 Å². The molecule has 0 radical (unpaired) electrons. The fourth-order valence-electron chi connectivity index (χ4n) is 2.30. The Kier molecular flexibility index (Phi) is 8.10. The third-order valence-corrected chi connectivity index (χ3v) is 3.56. The van der Waals surface area contributed by atoms with Crippen LogP contribution in [0.15, 0.2) is 36.7 Å². The van der Waals surface area contributed by atoms with Crippen molar-refractivity contribution >= 4 is 29.9 Å². The van der Waals surface area contributed by atoms with Gasteiger partial charge in [0.2, 0.25) is 5.91 Å². The predicted molar refractivity (Wildman–Crippen MR) is 100.0 cm³/mol. The van der Waals surface area contributed by atoms with Crippen LogP contribution in [0.4, 0.5) is 5.69 Å². The lowest BCUT2D eigenvalue weighted by molar-refractivity contribution is -0.118. The maximum Gasteiger partial charge on any atom is 0.251 e. The minimum atomic E-state index is -0.494. The van der Waals surface area contributed by atoms with Crippen molar-refractivity contribution in [3.05, 3.63) is 47.8 Å². The molecule has 8 heteroatoms. The molecule has 2 rings (SSSR count). The fourth-order valence-corrected chi connectivity index (χ4v) is 2.30. The van der Waals surface area contributed by atoms with Crippen molar-refractivity contribution in [2.45, 2.75) is 19.4 Å². The van der Waals surface area contributed by atoms with Crippen LogP contribution in [0.2, 0.25) is 0 Å². The highest BCUT2D eigenvalue weighted by Crippen LogP contribution is 2.16. The number of likely N-dealkylation sites (N-methyl/N-ethyl adjacent to an activating group) is 1. The first kappa shape index (κ1) is 20.7. The normalized spacial score (nSPS) is 11.3. The zero-order chi connectivity index (χ0) is 17.5. The maximum absolute atomic E-state index is 12.4. The minimum Gasteiger partial charge on any atom is -0.352 e. The summed E-state index contributed by atoms with van der Waals surface area (Å²) in [7, 11) is 3.52. The Morgan fingerprint density at radius 2 is 1.92 bits per heavy atom. The molecule has 1 heterocycles. The number of halogens is 1. The molecule has 1 atom stereocenters. The number of carbonyl (C=O) groups is 2. The van der Waals surface area contributed by atoms with Crippen molar-refractivity contribution in [1.29, 1.82) is 0 Å². The number of rotatable bonds is 7. The van der Waals surface area contributed by atoms with Crippen molar-refractivity contribution in [2.24, 2.45) is 7.05 Å². The van der Waals surface area contributed by atoms with E-state index in [1.807, 2.05) is 6.92 Å². The van der Waals surface area contributed by atoms with Gasteiger partial charge in [-0.2, -0.15) is 5.10 Å². The molecule has 2 aromatic rings. The van der Waals surface area contributed by atoms with E-state index >= 15 is 0 Å². The predicted octanol–water partition coefficient (Wildman–Crippen LogP) is 1.88. The van der Waals surface area contributed by atoms with Crippen LogP contribution in [0.5, 0.6) is 0 Å². The second-order valence-corrected chi connectivity index (χ2v) is 5.49. The van der Waals surface area contributed by atoms with E-state index in [1.54, 1.807) is 55.4 Å². The summed E-state index contributed by atoms with van der Waals surface area (Å²) in [6.45, 7) is 2.64. The topological polar surface area (TPSA) is 88.1 Å². The molecule has 1 unspecified atom stereocenters. The van der Waals surface area contributed by atoms with Crippen LogP contribution >= 0.6 is 12.4 Å². The number of hydrogen-bond acceptors (Lipinski definition) is 4. The van der Waals surface area contributed by atoms with Crippen molar-refractivity contribution < 1.29 is 9.59 Å². The highest BCUT2D eigenvalue weighted by Gasteiger charge is 2.20. The summed E-state index contributed by atoms with van der Waals surface area (Å²) in [4.78, 5) is 24.3. The molecule has 136 valence electrons. The van der Waals surface area contributed by atoms with Gasteiger partial charge in [0.15, 0.2) is 0 Å². The molecule has 1 aromatic carbocycles. The molecular formula is C17H24ClN5O2. The molecule has 25 heavy (non-hydrogen) atoms. The van der Waals surface area contributed by atoms with E-state index in [-0.39, 0.29) is 24.2 Å². The zero-order valence-electron chi connectivity index (χ0n) is 14.6. The van der Waals surface area contributed by atoms with Crippen molar-refractivity contribution in [3.8, 4) is 0 Å². The number of hydrogen-bond donors (Lipinski definition) is 3. The molecule has 0 fully saturated rings. The molecule has 0 saturated carbocycles. The van der Waals surface area contributed by atoms with E-state index in [2.05, 4.69) is 21.0 Å². The lowest BCUT2D eigenvalue weighted by Gasteiger charge is -2.14. The molecule has 0 bridgehead atoms. The number of amides is 2. The first-order valence-corrected chi connectivity index (χ1v) is 7.90. The lowest BCUT2D eigenvalue weighted by Crippen LogP contribution is -2.30. The summed E-state index contributed by atoms with van der Waals surface area (Å²) in [5.74, 6) is -0.299. The smallest absolute Gasteiger partial charge is 0.251 e. The Hall–Kier alpha value is -2.38.